The normalized spacial score (nSPS) is 13.3. The standard InChI is InChI=1S/C11H15NO3S/c1-9(11(12)13)7-16(14,15)8-10-5-3-2-4-6-10/h2-6,9H,7-8H2,1H3,(H2,12,13)/t9-/m0/s1. The van der Waals surface area contributed by atoms with Crippen LogP contribution >= 0.6 is 0 Å². The summed E-state index contributed by atoms with van der Waals surface area (Å²) in [6.07, 6.45) is 0. The maximum absolute atomic E-state index is 11.7. The third kappa shape index (κ3) is 4.02. The van der Waals surface area contributed by atoms with Crippen LogP contribution < -0.4 is 5.73 Å². The van der Waals surface area contributed by atoms with Crippen LogP contribution in [0.3, 0.4) is 0 Å². The molecule has 4 nitrogen and oxygen atoms in total. The van der Waals surface area contributed by atoms with E-state index in [0.717, 1.165) is 5.56 Å². The second kappa shape index (κ2) is 5.12. The van der Waals surface area contributed by atoms with Gasteiger partial charge in [-0.05, 0) is 5.56 Å². The molecule has 0 aliphatic rings. The van der Waals surface area contributed by atoms with E-state index in [4.69, 9.17) is 5.73 Å². The topological polar surface area (TPSA) is 77.2 Å². The summed E-state index contributed by atoms with van der Waals surface area (Å²) in [5, 5.41) is 0. The number of hydrogen-bond donors (Lipinski definition) is 1. The average molecular weight is 241 g/mol. The molecule has 0 unspecified atom stereocenters. The molecule has 0 saturated heterocycles. The largest absolute Gasteiger partial charge is 0.369 e. The van der Waals surface area contributed by atoms with E-state index >= 15 is 0 Å². The Bertz CT molecular complexity index is 453. The molecule has 0 aliphatic carbocycles. The second-order valence-corrected chi connectivity index (χ2v) is 5.95. The zero-order valence-electron chi connectivity index (χ0n) is 9.09. The molecule has 1 atom stereocenters. The molecular formula is C11H15NO3S. The molecule has 16 heavy (non-hydrogen) atoms. The van der Waals surface area contributed by atoms with Crippen molar-refractivity contribution in [3.8, 4) is 0 Å². The monoisotopic (exact) mass is 241 g/mol. The number of sulfone groups is 1. The Kier molecular flexibility index (Phi) is 4.06. The first-order valence-corrected chi connectivity index (χ1v) is 6.76. The Balaban J connectivity index is 2.70. The quantitative estimate of drug-likeness (QED) is 0.825. The van der Waals surface area contributed by atoms with Gasteiger partial charge in [0.1, 0.15) is 0 Å². The third-order valence-corrected chi connectivity index (χ3v) is 4.00. The van der Waals surface area contributed by atoms with E-state index in [1.54, 1.807) is 24.3 Å². The van der Waals surface area contributed by atoms with Crippen molar-refractivity contribution in [2.45, 2.75) is 12.7 Å². The highest BCUT2D eigenvalue weighted by molar-refractivity contribution is 7.90. The van der Waals surface area contributed by atoms with Gasteiger partial charge in [-0.2, -0.15) is 0 Å². The Morgan fingerprint density at radius 2 is 1.88 bits per heavy atom. The van der Waals surface area contributed by atoms with Crippen molar-refractivity contribution in [2.24, 2.45) is 11.7 Å². The Labute approximate surface area is 95.4 Å². The molecule has 0 bridgehead atoms. The number of primary amides is 1. The number of benzene rings is 1. The van der Waals surface area contributed by atoms with Crippen molar-refractivity contribution in [3.05, 3.63) is 35.9 Å². The van der Waals surface area contributed by atoms with E-state index in [1.807, 2.05) is 6.07 Å². The van der Waals surface area contributed by atoms with Gasteiger partial charge in [0, 0.05) is 5.92 Å². The minimum atomic E-state index is -3.28. The zero-order chi connectivity index (χ0) is 12.2. The Morgan fingerprint density at radius 3 is 2.38 bits per heavy atom. The van der Waals surface area contributed by atoms with Crippen LogP contribution in [0, 0.1) is 5.92 Å². The number of amides is 1. The first-order valence-electron chi connectivity index (χ1n) is 4.94. The van der Waals surface area contributed by atoms with Gasteiger partial charge in [0.15, 0.2) is 9.84 Å². The van der Waals surface area contributed by atoms with Gasteiger partial charge in [-0.15, -0.1) is 0 Å². The van der Waals surface area contributed by atoms with Crippen molar-refractivity contribution >= 4 is 15.7 Å². The SMILES string of the molecule is C[C@@H](CS(=O)(=O)Cc1ccccc1)C(N)=O. The average Bonchev–Trinajstić information content (AvgIpc) is 2.17. The molecule has 0 heterocycles. The predicted molar refractivity (Wildman–Crippen MR) is 62.3 cm³/mol. The van der Waals surface area contributed by atoms with E-state index in [0.29, 0.717) is 0 Å². The number of carbonyl (C=O) groups is 1. The molecule has 1 aromatic rings. The summed E-state index contributed by atoms with van der Waals surface area (Å²) >= 11 is 0. The fraction of sp³-hybridized carbons (Fsp3) is 0.364. The first kappa shape index (κ1) is 12.7. The van der Waals surface area contributed by atoms with Crippen LogP contribution in [0.4, 0.5) is 0 Å². The summed E-state index contributed by atoms with van der Waals surface area (Å²) < 4.78 is 23.4. The number of hydrogen-bond acceptors (Lipinski definition) is 3. The molecular weight excluding hydrogens is 226 g/mol. The molecule has 0 aromatic heterocycles. The van der Waals surface area contributed by atoms with Gasteiger partial charge in [-0.1, -0.05) is 37.3 Å². The van der Waals surface area contributed by atoms with Crippen molar-refractivity contribution in [2.75, 3.05) is 5.75 Å². The van der Waals surface area contributed by atoms with Crippen molar-refractivity contribution < 1.29 is 13.2 Å². The second-order valence-electron chi connectivity index (χ2n) is 3.84. The molecule has 0 aliphatic heterocycles. The molecule has 1 aromatic carbocycles. The van der Waals surface area contributed by atoms with E-state index in [-0.39, 0.29) is 11.5 Å². The number of carbonyl (C=O) groups excluding carboxylic acids is 1. The smallest absolute Gasteiger partial charge is 0.221 e. The predicted octanol–water partition coefficient (Wildman–Crippen LogP) is 0.723. The maximum atomic E-state index is 11.7. The van der Waals surface area contributed by atoms with Crippen LogP contribution in [-0.2, 0) is 20.4 Å². The summed E-state index contributed by atoms with van der Waals surface area (Å²) in [7, 11) is -3.28. The van der Waals surface area contributed by atoms with Crippen LogP contribution in [0.5, 0.6) is 0 Å². The van der Waals surface area contributed by atoms with Gasteiger partial charge in [0.25, 0.3) is 0 Å². The summed E-state index contributed by atoms with van der Waals surface area (Å²) in [5.41, 5.74) is 5.75. The molecule has 5 heteroatoms. The van der Waals surface area contributed by atoms with Gasteiger partial charge < -0.3 is 5.73 Å². The molecule has 1 amide bonds. The number of rotatable bonds is 5. The van der Waals surface area contributed by atoms with Gasteiger partial charge in [0.2, 0.25) is 5.91 Å². The van der Waals surface area contributed by atoms with Crippen molar-refractivity contribution in [1.29, 1.82) is 0 Å². The van der Waals surface area contributed by atoms with Crippen LogP contribution in [0.25, 0.3) is 0 Å². The Hall–Kier alpha value is -1.36. The fourth-order valence-electron chi connectivity index (χ4n) is 1.35. The van der Waals surface area contributed by atoms with E-state index in [1.165, 1.54) is 6.92 Å². The lowest BCUT2D eigenvalue weighted by Crippen LogP contribution is -2.27. The van der Waals surface area contributed by atoms with E-state index < -0.39 is 21.7 Å². The highest BCUT2D eigenvalue weighted by atomic mass is 32.2. The lowest BCUT2D eigenvalue weighted by molar-refractivity contribution is -0.120. The zero-order valence-corrected chi connectivity index (χ0v) is 9.91. The van der Waals surface area contributed by atoms with Crippen LogP contribution in [0.1, 0.15) is 12.5 Å². The van der Waals surface area contributed by atoms with Gasteiger partial charge in [-0.25, -0.2) is 8.42 Å². The maximum Gasteiger partial charge on any atom is 0.221 e. The van der Waals surface area contributed by atoms with Crippen LogP contribution in [0.15, 0.2) is 30.3 Å². The van der Waals surface area contributed by atoms with Crippen molar-refractivity contribution in [3.63, 3.8) is 0 Å². The third-order valence-electron chi connectivity index (χ3n) is 2.22. The highest BCUT2D eigenvalue weighted by Gasteiger charge is 2.19. The Morgan fingerprint density at radius 1 is 1.31 bits per heavy atom. The van der Waals surface area contributed by atoms with Gasteiger partial charge in [0.05, 0.1) is 11.5 Å². The molecule has 0 radical (unpaired) electrons. The molecule has 88 valence electrons. The molecule has 0 spiro atoms. The fourth-order valence-corrected chi connectivity index (χ4v) is 3.09. The van der Waals surface area contributed by atoms with Gasteiger partial charge >= 0.3 is 0 Å². The van der Waals surface area contributed by atoms with E-state index in [2.05, 4.69) is 0 Å². The van der Waals surface area contributed by atoms with E-state index in [9.17, 15) is 13.2 Å². The summed E-state index contributed by atoms with van der Waals surface area (Å²) in [6.45, 7) is 1.52. The highest BCUT2D eigenvalue weighted by Crippen LogP contribution is 2.09. The summed E-state index contributed by atoms with van der Waals surface area (Å²) in [6, 6.07) is 8.87. The minimum absolute atomic E-state index is 0.0501. The lowest BCUT2D eigenvalue weighted by Gasteiger charge is -2.08. The minimum Gasteiger partial charge on any atom is -0.369 e. The summed E-state index contributed by atoms with van der Waals surface area (Å²) in [4.78, 5) is 10.8. The number of nitrogens with two attached hydrogens (primary N) is 1. The van der Waals surface area contributed by atoms with Crippen LogP contribution in [-0.4, -0.2) is 20.1 Å². The van der Waals surface area contributed by atoms with Crippen LogP contribution in [0.2, 0.25) is 0 Å². The first-order chi connectivity index (χ1) is 7.41. The molecule has 1 rings (SSSR count). The van der Waals surface area contributed by atoms with Gasteiger partial charge in [-0.3, -0.25) is 4.79 Å². The summed E-state index contributed by atoms with van der Waals surface area (Å²) in [5.74, 6) is -1.48. The molecule has 0 saturated carbocycles. The van der Waals surface area contributed by atoms with Crippen molar-refractivity contribution in [1.82, 2.24) is 0 Å². The molecule has 2 N–H and O–H groups in total. The molecule has 0 fully saturated rings. The lowest BCUT2D eigenvalue weighted by atomic mass is 10.2.